The third-order valence-electron chi connectivity index (χ3n) is 8.14. The van der Waals surface area contributed by atoms with Gasteiger partial charge in [0.05, 0.1) is 52.0 Å². The van der Waals surface area contributed by atoms with Crippen molar-refractivity contribution in [2.24, 2.45) is 5.90 Å². The number of unbranched alkanes of at least 4 members (excludes halogenated alkanes) is 2. The molecule has 0 aliphatic carbocycles. The van der Waals surface area contributed by atoms with Gasteiger partial charge in [-0.05, 0) is 24.1 Å². The minimum Gasteiger partial charge on any atom is -0.496 e. The molecule has 3 aromatic rings. The highest BCUT2D eigenvalue weighted by Gasteiger charge is 2.21. The Hall–Kier alpha value is -4.02. The number of hydrogen-bond acceptors (Lipinski definition) is 12. The Balaban J connectivity index is 1.20. The molecule has 0 atom stereocenters. The maximum Gasteiger partial charge on any atom is 0.248 e. The number of nitrogens with one attached hydrogen (secondary N) is 2. The lowest BCUT2D eigenvalue weighted by Gasteiger charge is -2.35. The lowest BCUT2D eigenvalue weighted by atomic mass is 10.1. The number of carbonyl (C=O) groups is 2. The molecule has 0 spiro atoms. The van der Waals surface area contributed by atoms with Crippen molar-refractivity contribution in [3.8, 4) is 5.75 Å². The number of benzene rings is 1. The second kappa shape index (κ2) is 19.7. The maximum atomic E-state index is 12.7. The molecule has 1 saturated heterocycles. The number of rotatable bonds is 21. The number of fused-ring (bicyclic) bond motifs is 1. The monoisotopic (exact) mass is 669 g/mol. The Morgan fingerprint density at radius 2 is 1.75 bits per heavy atom. The third-order valence-corrected chi connectivity index (χ3v) is 8.14. The molecule has 15 heteroatoms. The number of nitrogens with two attached hydrogens (primary N) is 2. The molecule has 3 heterocycles. The van der Waals surface area contributed by atoms with Crippen LogP contribution in [0, 0.1) is 0 Å². The molecule has 1 fully saturated rings. The first-order valence-electron chi connectivity index (χ1n) is 16.7. The zero-order chi connectivity index (χ0) is 34.1. The Morgan fingerprint density at radius 1 is 0.958 bits per heavy atom. The molecule has 0 unspecified atom stereocenters. The van der Waals surface area contributed by atoms with Crippen LogP contribution in [0.2, 0.25) is 0 Å². The first-order chi connectivity index (χ1) is 23.4. The molecule has 0 saturated carbocycles. The molecule has 2 amide bonds. The van der Waals surface area contributed by atoms with Gasteiger partial charge in [0.25, 0.3) is 0 Å². The van der Waals surface area contributed by atoms with Crippen molar-refractivity contribution in [3.63, 3.8) is 0 Å². The van der Waals surface area contributed by atoms with Crippen molar-refractivity contribution in [1.82, 2.24) is 29.7 Å². The number of aromatic nitrogens is 3. The number of anilines is 2. The highest BCUT2D eigenvalue weighted by atomic mass is 16.6. The van der Waals surface area contributed by atoms with E-state index in [-0.39, 0.29) is 24.4 Å². The van der Waals surface area contributed by atoms with Crippen molar-refractivity contribution in [2.75, 3.05) is 90.5 Å². The van der Waals surface area contributed by atoms with E-state index >= 15 is 0 Å². The van der Waals surface area contributed by atoms with Gasteiger partial charge in [-0.3, -0.25) is 19.3 Å². The predicted molar refractivity (Wildman–Crippen MR) is 183 cm³/mol. The molecule has 1 aromatic carbocycles. The Morgan fingerprint density at radius 3 is 2.50 bits per heavy atom. The van der Waals surface area contributed by atoms with Crippen molar-refractivity contribution in [2.45, 2.75) is 45.7 Å². The summed E-state index contributed by atoms with van der Waals surface area (Å²) >= 11 is 0. The number of carbonyl (C=O) groups excluding carboxylic acids is 2. The summed E-state index contributed by atoms with van der Waals surface area (Å²) in [7, 11) is 1.70. The minimum atomic E-state index is -0.299. The van der Waals surface area contributed by atoms with Crippen LogP contribution >= 0.6 is 0 Å². The number of nitrogen functional groups attached to an aromatic ring is 1. The summed E-state index contributed by atoms with van der Waals surface area (Å²) < 4.78 is 18.9. The van der Waals surface area contributed by atoms with Crippen LogP contribution in [0.25, 0.3) is 11.0 Å². The summed E-state index contributed by atoms with van der Waals surface area (Å²) in [5, 5.41) is 6.06. The first-order valence-corrected chi connectivity index (χ1v) is 16.7. The van der Waals surface area contributed by atoms with Gasteiger partial charge in [0, 0.05) is 57.6 Å². The Kier molecular flexibility index (Phi) is 15.1. The van der Waals surface area contributed by atoms with Crippen molar-refractivity contribution >= 4 is 34.6 Å². The quantitative estimate of drug-likeness (QED) is 0.0953. The van der Waals surface area contributed by atoms with Gasteiger partial charge in [0.2, 0.25) is 17.8 Å². The third kappa shape index (κ3) is 11.3. The van der Waals surface area contributed by atoms with Gasteiger partial charge in [-0.15, -0.1) is 0 Å². The van der Waals surface area contributed by atoms with E-state index in [4.69, 9.17) is 25.8 Å². The van der Waals surface area contributed by atoms with Crippen LogP contribution in [-0.2, 0) is 37.0 Å². The van der Waals surface area contributed by atoms with Gasteiger partial charge < -0.3 is 40.0 Å². The average Bonchev–Trinajstić information content (AvgIpc) is 3.49. The van der Waals surface area contributed by atoms with Crippen molar-refractivity contribution in [3.05, 3.63) is 41.6 Å². The van der Waals surface area contributed by atoms with E-state index in [1.165, 1.54) is 0 Å². The standard InChI is InChI=1S/C33H51N9O6/c1-3-4-5-10-37-32-31-27(38-33(34)39-32)8-12-42(31)23-26-7-6-25(21-28(26)45-2)22-40-13-15-41(16-14-40)30(44)9-17-46-19-20-47-18-11-36-29(43)24-48-35/h6-8,12,21H,3-5,9-11,13-20,22-24,35H2,1-2H3,(H,36,43)(H3,34,37,38,39). The molecule has 4 rings (SSSR count). The number of amides is 2. The molecule has 0 bridgehead atoms. The van der Waals surface area contributed by atoms with Gasteiger partial charge in [-0.25, -0.2) is 10.9 Å². The van der Waals surface area contributed by atoms with Crippen LogP contribution in [-0.4, -0.2) is 116 Å². The molecule has 1 aliphatic rings. The molecule has 264 valence electrons. The van der Waals surface area contributed by atoms with Crippen LogP contribution < -0.4 is 27.0 Å². The van der Waals surface area contributed by atoms with Gasteiger partial charge in [-0.1, -0.05) is 31.9 Å². The lowest BCUT2D eigenvalue weighted by Crippen LogP contribution is -2.48. The van der Waals surface area contributed by atoms with E-state index in [0.717, 1.165) is 79.2 Å². The second-order valence-electron chi connectivity index (χ2n) is 11.7. The smallest absolute Gasteiger partial charge is 0.248 e. The molecule has 1 aliphatic heterocycles. The van der Waals surface area contributed by atoms with Gasteiger partial charge in [0.15, 0.2) is 5.82 Å². The first kappa shape index (κ1) is 36.8. The topological polar surface area (TPSA) is 184 Å². The average molecular weight is 670 g/mol. The molecular formula is C33H51N9O6. The molecule has 6 N–H and O–H groups in total. The van der Waals surface area contributed by atoms with Gasteiger partial charge in [-0.2, -0.15) is 4.98 Å². The minimum absolute atomic E-state index is 0.0939. The highest BCUT2D eigenvalue weighted by Crippen LogP contribution is 2.27. The molecule has 0 radical (unpaired) electrons. The fourth-order valence-corrected chi connectivity index (χ4v) is 5.61. The van der Waals surface area contributed by atoms with Crippen molar-refractivity contribution in [1.29, 1.82) is 0 Å². The van der Waals surface area contributed by atoms with E-state index in [0.29, 0.717) is 59.0 Å². The van der Waals surface area contributed by atoms with E-state index in [1.54, 1.807) is 7.11 Å². The summed E-state index contributed by atoms with van der Waals surface area (Å²) in [5.74, 6) is 6.47. The fraction of sp³-hybridized carbons (Fsp3) is 0.576. The summed E-state index contributed by atoms with van der Waals surface area (Å²) in [4.78, 5) is 41.4. The number of piperazine rings is 1. The number of methoxy groups -OCH3 is 1. The number of ether oxygens (including phenoxy) is 3. The van der Waals surface area contributed by atoms with Gasteiger partial charge >= 0.3 is 0 Å². The summed E-state index contributed by atoms with van der Waals surface area (Å²) in [5.41, 5.74) is 9.94. The normalized spacial score (nSPS) is 13.6. The zero-order valence-corrected chi connectivity index (χ0v) is 28.2. The number of hydrogen-bond donors (Lipinski definition) is 4. The van der Waals surface area contributed by atoms with Crippen LogP contribution in [0.1, 0.15) is 43.7 Å². The summed E-state index contributed by atoms with van der Waals surface area (Å²) in [6, 6.07) is 8.33. The molecule has 2 aromatic heterocycles. The van der Waals surface area contributed by atoms with E-state index < -0.39 is 0 Å². The Labute approximate surface area is 282 Å². The van der Waals surface area contributed by atoms with Crippen LogP contribution in [0.15, 0.2) is 30.5 Å². The second-order valence-corrected chi connectivity index (χ2v) is 11.7. The largest absolute Gasteiger partial charge is 0.496 e. The van der Waals surface area contributed by atoms with E-state index in [2.05, 4.69) is 60.0 Å². The highest BCUT2D eigenvalue weighted by molar-refractivity contribution is 5.87. The molecular weight excluding hydrogens is 618 g/mol. The van der Waals surface area contributed by atoms with Gasteiger partial charge in [0.1, 0.15) is 17.9 Å². The Bertz CT molecular complexity index is 1440. The summed E-state index contributed by atoms with van der Waals surface area (Å²) in [6.45, 7) is 8.99. The van der Waals surface area contributed by atoms with Crippen LogP contribution in [0.3, 0.4) is 0 Å². The summed E-state index contributed by atoms with van der Waals surface area (Å²) in [6.07, 6.45) is 5.72. The zero-order valence-electron chi connectivity index (χ0n) is 28.2. The predicted octanol–water partition coefficient (Wildman–Crippen LogP) is 1.75. The lowest BCUT2D eigenvalue weighted by molar-refractivity contribution is -0.134. The van der Waals surface area contributed by atoms with Crippen LogP contribution in [0.5, 0.6) is 5.75 Å². The maximum absolute atomic E-state index is 12.7. The van der Waals surface area contributed by atoms with Crippen LogP contribution in [0.4, 0.5) is 11.8 Å². The molecule has 48 heavy (non-hydrogen) atoms. The number of nitrogens with zero attached hydrogens (tertiary/aromatic N) is 5. The SMILES string of the molecule is CCCCCNc1nc(N)nc2ccn(Cc3ccc(CN4CCN(C(=O)CCOCCOCCNC(=O)CON)CC4)cc3OC)c12. The fourth-order valence-electron chi connectivity index (χ4n) is 5.61. The van der Waals surface area contributed by atoms with E-state index in [1.807, 2.05) is 17.2 Å². The van der Waals surface area contributed by atoms with E-state index in [9.17, 15) is 9.59 Å². The molecule has 15 nitrogen and oxygen atoms in total. The van der Waals surface area contributed by atoms with Crippen molar-refractivity contribution < 1.29 is 28.6 Å².